The summed E-state index contributed by atoms with van der Waals surface area (Å²) in [5, 5.41) is 43.5. The zero-order valence-corrected chi connectivity index (χ0v) is 26.0. The number of carbonyl (C=O) groups is 2. The Morgan fingerprint density at radius 3 is 2.28 bits per heavy atom. The van der Waals surface area contributed by atoms with Crippen molar-refractivity contribution in [2.75, 3.05) is 11.1 Å². The van der Waals surface area contributed by atoms with Crippen LogP contribution in [0.25, 0.3) is 5.69 Å². The van der Waals surface area contributed by atoms with Gasteiger partial charge in [-0.3, -0.25) is 9.59 Å². The fraction of sp³-hybridized carbons (Fsp3) is 0.364. The third kappa shape index (κ3) is 9.36. The second kappa shape index (κ2) is 16.3. The van der Waals surface area contributed by atoms with Gasteiger partial charge < -0.3 is 30.1 Å². The number of ether oxygens (including phenoxy) is 2. The van der Waals surface area contributed by atoms with Crippen LogP contribution >= 0.6 is 11.8 Å². The van der Waals surface area contributed by atoms with Crippen molar-refractivity contribution in [2.24, 2.45) is 0 Å². The van der Waals surface area contributed by atoms with E-state index in [1.165, 1.54) is 11.8 Å². The predicted octanol–water partition coefficient (Wildman–Crippen LogP) is 5.56. The number of carboxylic acids is 1. The van der Waals surface area contributed by atoms with Crippen LogP contribution in [0.1, 0.15) is 74.0 Å². The lowest BCUT2D eigenvalue weighted by Crippen LogP contribution is -2.31. The van der Waals surface area contributed by atoms with Crippen molar-refractivity contribution in [2.45, 2.75) is 75.2 Å². The Bertz CT molecular complexity index is 1560. The maximum atomic E-state index is 12.4. The molecule has 0 spiro atoms. The molecular formula is C33H37N5O7S. The molecule has 1 aliphatic heterocycles. The van der Waals surface area contributed by atoms with E-state index in [0.29, 0.717) is 42.3 Å². The highest BCUT2D eigenvalue weighted by molar-refractivity contribution is 7.99. The summed E-state index contributed by atoms with van der Waals surface area (Å²) in [6.07, 6.45) is 2.90. The first-order valence-electron chi connectivity index (χ1n) is 15.2. The molecule has 3 aromatic carbocycles. The number of benzene rings is 3. The molecule has 4 aromatic rings. The van der Waals surface area contributed by atoms with E-state index in [4.69, 9.17) is 14.6 Å². The quantitative estimate of drug-likeness (QED) is 0.0941. The van der Waals surface area contributed by atoms with Crippen molar-refractivity contribution in [3.8, 4) is 11.4 Å². The minimum atomic E-state index is -0.795. The van der Waals surface area contributed by atoms with E-state index in [9.17, 15) is 19.8 Å². The smallest absolute Gasteiger partial charge is 0.303 e. The number of carbonyl (C=O) groups excluding carboxylic acids is 1. The fourth-order valence-corrected chi connectivity index (χ4v) is 5.99. The van der Waals surface area contributed by atoms with Gasteiger partial charge in [0.05, 0.1) is 24.5 Å². The van der Waals surface area contributed by atoms with Crippen LogP contribution in [-0.4, -0.2) is 59.3 Å². The first kappa shape index (κ1) is 33.1. The van der Waals surface area contributed by atoms with E-state index < -0.39 is 12.3 Å². The highest BCUT2D eigenvalue weighted by atomic mass is 32.2. The van der Waals surface area contributed by atoms with Crippen molar-refractivity contribution >= 4 is 29.3 Å². The van der Waals surface area contributed by atoms with Gasteiger partial charge in [0.15, 0.2) is 6.29 Å². The van der Waals surface area contributed by atoms with Gasteiger partial charge in [-0.15, -0.1) is 5.10 Å². The topological polar surface area (TPSA) is 169 Å². The lowest BCUT2D eigenvalue weighted by Gasteiger charge is -2.36. The fourth-order valence-electron chi connectivity index (χ4n) is 5.08. The molecule has 0 radical (unpaired) electrons. The maximum absolute atomic E-state index is 12.4. The monoisotopic (exact) mass is 647 g/mol. The Morgan fingerprint density at radius 1 is 0.891 bits per heavy atom. The number of aromatic nitrogens is 4. The zero-order valence-electron chi connectivity index (χ0n) is 25.2. The van der Waals surface area contributed by atoms with Gasteiger partial charge in [0, 0.05) is 36.3 Å². The third-order valence-corrected chi connectivity index (χ3v) is 8.61. The average Bonchev–Trinajstić information content (AvgIpc) is 3.54. The molecule has 13 heteroatoms. The molecule has 1 aromatic heterocycles. The Labute approximate surface area is 270 Å². The number of phenolic OH excluding ortho intramolecular Hbond substituents is 1. The number of anilines is 1. The van der Waals surface area contributed by atoms with E-state index in [1.54, 1.807) is 28.9 Å². The predicted molar refractivity (Wildman–Crippen MR) is 170 cm³/mol. The highest BCUT2D eigenvalue weighted by Crippen LogP contribution is 2.39. The van der Waals surface area contributed by atoms with Crippen molar-refractivity contribution in [1.82, 2.24) is 20.2 Å². The standard InChI is InChI=1S/C33H37N5O7S/c39-20-22-7-9-23(10-8-22)29-19-28(21-46-33-35-36-37-38(33)26-15-17-27(40)18-16-26)44-32(45-29)24-11-13-25(14-12-24)34-30(41)5-3-1-2-4-6-31(42)43/h7-18,28-29,32,39-40H,1-6,19-21H2,(H,34,41)(H,42,43)/t28-,29+,32+/m0/s1. The van der Waals surface area contributed by atoms with Crippen LogP contribution in [-0.2, 0) is 25.7 Å². The number of nitrogens with one attached hydrogen (secondary N) is 1. The number of aliphatic carboxylic acids is 1. The maximum Gasteiger partial charge on any atom is 0.303 e. The van der Waals surface area contributed by atoms with Crippen LogP contribution in [0.2, 0.25) is 0 Å². The minimum absolute atomic E-state index is 0.0395. The van der Waals surface area contributed by atoms with Crippen LogP contribution in [0.5, 0.6) is 5.75 Å². The summed E-state index contributed by atoms with van der Waals surface area (Å²) in [5.41, 5.74) is 3.98. The highest BCUT2D eigenvalue weighted by Gasteiger charge is 2.32. The zero-order chi connectivity index (χ0) is 32.3. The number of rotatable bonds is 15. The first-order valence-corrected chi connectivity index (χ1v) is 16.2. The van der Waals surface area contributed by atoms with Gasteiger partial charge in [0.1, 0.15) is 5.75 Å². The van der Waals surface area contributed by atoms with Gasteiger partial charge in [-0.05, 0) is 70.8 Å². The molecule has 2 heterocycles. The summed E-state index contributed by atoms with van der Waals surface area (Å²) in [4.78, 5) is 23.1. The number of tetrazole rings is 1. The number of unbranched alkanes of at least 4 members (excludes halogenated alkanes) is 3. The average molecular weight is 648 g/mol. The van der Waals surface area contributed by atoms with E-state index in [0.717, 1.165) is 35.2 Å². The Balaban J connectivity index is 1.22. The van der Waals surface area contributed by atoms with Gasteiger partial charge in [-0.2, -0.15) is 4.68 Å². The molecule has 46 heavy (non-hydrogen) atoms. The number of aliphatic hydroxyl groups is 1. The number of carboxylic acid groups (broad SMARTS) is 1. The Hall–Kier alpha value is -4.30. The molecule has 3 atom stereocenters. The summed E-state index contributed by atoms with van der Waals surface area (Å²) in [5.74, 6) is -0.178. The second-order valence-electron chi connectivity index (χ2n) is 11.0. The summed E-state index contributed by atoms with van der Waals surface area (Å²) >= 11 is 1.46. The molecule has 0 saturated carbocycles. The van der Waals surface area contributed by atoms with E-state index in [-0.39, 0.29) is 36.9 Å². The van der Waals surface area contributed by atoms with Gasteiger partial charge in [0.2, 0.25) is 11.1 Å². The van der Waals surface area contributed by atoms with Gasteiger partial charge in [0.25, 0.3) is 0 Å². The number of aromatic hydroxyl groups is 1. The molecule has 1 amide bonds. The Morgan fingerprint density at radius 2 is 1.59 bits per heavy atom. The summed E-state index contributed by atoms with van der Waals surface area (Å²) in [6.45, 7) is -0.0395. The molecule has 4 N–H and O–H groups in total. The summed E-state index contributed by atoms with van der Waals surface area (Å²) in [6, 6.07) is 21.7. The molecule has 0 aliphatic carbocycles. The van der Waals surface area contributed by atoms with Crippen LogP contribution < -0.4 is 5.32 Å². The van der Waals surface area contributed by atoms with Crippen LogP contribution in [0.15, 0.2) is 78.0 Å². The molecule has 0 unspecified atom stereocenters. The van der Waals surface area contributed by atoms with Crippen molar-refractivity contribution in [3.63, 3.8) is 0 Å². The van der Waals surface area contributed by atoms with Crippen molar-refractivity contribution in [3.05, 3.63) is 89.5 Å². The largest absolute Gasteiger partial charge is 0.508 e. The normalized spacial score (nSPS) is 17.9. The third-order valence-electron chi connectivity index (χ3n) is 7.56. The SMILES string of the molecule is O=C(O)CCCCCCC(=O)Nc1ccc([C@@H]2O[C@H](CSc3nnnn3-c3ccc(O)cc3)C[C@H](c3ccc(CO)cc3)O2)cc1. The first-order chi connectivity index (χ1) is 22.4. The molecule has 5 rings (SSSR count). The minimum Gasteiger partial charge on any atom is -0.508 e. The summed E-state index contributed by atoms with van der Waals surface area (Å²) < 4.78 is 14.5. The van der Waals surface area contributed by atoms with Gasteiger partial charge in [-0.1, -0.05) is 61.0 Å². The number of hydrogen-bond donors (Lipinski definition) is 4. The molecule has 0 bridgehead atoms. The number of hydrogen-bond acceptors (Lipinski definition) is 10. The molecule has 1 aliphatic rings. The van der Waals surface area contributed by atoms with Crippen LogP contribution in [0, 0.1) is 0 Å². The van der Waals surface area contributed by atoms with E-state index >= 15 is 0 Å². The Kier molecular flexibility index (Phi) is 11.7. The van der Waals surface area contributed by atoms with Crippen LogP contribution in [0.3, 0.4) is 0 Å². The molecule has 12 nitrogen and oxygen atoms in total. The van der Waals surface area contributed by atoms with E-state index in [2.05, 4.69) is 20.8 Å². The number of nitrogens with zero attached hydrogens (tertiary/aromatic N) is 4. The lowest BCUT2D eigenvalue weighted by molar-refractivity contribution is -0.245. The number of thioether (sulfide) groups is 1. The molecule has 242 valence electrons. The van der Waals surface area contributed by atoms with Crippen molar-refractivity contribution < 1.29 is 34.4 Å². The molecule has 1 fully saturated rings. The van der Waals surface area contributed by atoms with Crippen molar-refractivity contribution in [1.29, 1.82) is 0 Å². The van der Waals surface area contributed by atoms with E-state index in [1.807, 2.05) is 48.5 Å². The second-order valence-corrected chi connectivity index (χ2v) is 12.0. The van der Waals surface area contributed by atoms with Crippen LogP contribution in [0.4, 0.5) is 5.69 Å². The van der Waals surface area contributed by atoms with Gasteiger partial charge in [-0.25, -0.2) is 0 Å². The summed E-state index contributed by atoms with van der Waals surface area (Å²) in [7, 11) is 0. The number of amides is 1. The van der Waals surface area contributed by atoms with Gasteiger partial charge >= 0.3 is 5.97 Å². The number of aliphatic hydroxyl groups excluding tert-OH is 1. The molecule has 1 saturated heterocycles. The lowest BCUT2D eigenvalue weighted by atomic mass is 10.0. The number of phenols is 1. The molecular weight excluding hydrogens is 610 g/mol.